The molecule has 1 saturated heterocycles. The SMILES string of the molecule is COC(=O)c1ccccc1-c1ccc(/C=C2\C(=O)NC(=S)N(c3ccc(C(C)C)cc3)C2=O)o1. The van der Waals surface area contributed by atoms with Crippen LogP contribution in [0.5, 0.6) is 0 Å². The smallest absolute Gasteiger partial charge is 0.338 e. The van der Waals surface area contributed by atoms with Gasteiger partial charge in [-0.1, -0.05) is 44.2 Å². The predicted octanol–water partition coefficient (Wildman–Crippen LogP) is 4.69. The Morgan fingerprint density at radius 3 is 2.44 bits per heavy atom. The van der Waals surface area contributed by atoms with E-state index in [0.29, 0.717) is 28.5 Å². The molecular weight excluding hydrogens is 452 g/mol. The van der Waals surface area contributed by atoms with Crippen molar-refractivity contribution in [2.45, 2.75) is 19.8 Å². The summed E-state index contributed by atoms with van der Waals surface area (Å²) in [5.74, 6) is -0.659. The third-order valence-corrected chi connectivity index (χ3v) is 5.72. The molecule has 0 aliphatic carbocycles. The van der Waals surface area contributed by atoms with Crippen LogP contribution in [0.4, 0.5) is 5.69 Å². The Morgan fingerprint density at radius 1 is 1.06 bits per heavy atom. The highest BCUT2D eigenvalue weighted by Gasteiger charge is 2.34. The van der Waals surface area contributed by atoms with E-state index in [4.69, 9.17) is 21.4 Å². The highest BCUT2D eigenvalue weighted by atomic mass is 32.1. The number of esters is 1. The third kappa shape index (κ3) is 4.40. The van der Waals surface area contributed by atoms with Gasteiger partial charge >= 0.3 is 5.97 Å². The second-order valence-corrected chi connectivity index (χ2v) is 8.33. The molecule has 172 valence electrons. The summed E-state index contributed by atoms with van der Waals surface area (Å²) in [7, 11) is 1.30. The van der Waals surface area contributed by atoms with Crippen LogP contribution in [0.25, 0.3) is 17.4 Å². The lowest BCUT2D eigenvalue weighted by atomic mass is 10.0. The number of hydrogen-bond acceptors (Lipinski definition) is 6. The fourth-order valence-corrected chi connectivity index (χ4v) is 3.88. The van der Waals surface area contributed by atoms with E-state index in [0.717, 1.165) is 5.56 Å². The Balaban J connectivity index is 1.66. The molecule has 4 rings (SSSR count). The van der Waals surface area contributed by atoms with Crippen molar-refractivity contribution in [3.8, 4) is 11.3 Å². The largest absolute Gasteiger partial charge is 0.465 e. The van der Waals surface area contributed by atoms with Crippen molar-refractivity contribution in [2.75, 3.05) is 12.0 Å². The number of hydrogen-bond donors (Lipinski definition) is 1. The molecule has 2 amide bonds. The summed E-state index contributed by atoms with van der Waals surface area (Å²) in [6.45, 7) is 4.15. The number of furan rings is 1. The highest BCUT2D eigenvalue weighted by Crippen LogP contribution is 2.29. The molecule has 0 spiro atoms. The zero-order chi connectivity index (χ0) is 24.4. The Bertz CT molecular complexity index is 1320. The molecular formula is C26H22N2O5S. The molecule has 0 unspecified atom stereocenters. The van der Waals surface area contributed by atoms with Crippen LogP contribution in [0.15, 0.2) is 70.7 Å². The van der Waals surface area contributed by atoms with Crippen LogP contribution in [-0.2, 0) is 14.3 Å². The van der Waals surface area contributed by atoms with E-state index >= 15 is 0 Å². The van der Waals surface area contributed by atoms with Gasteiger partial charge in [0.2, 0.25) is 0 Å². The summed E-state index contributed by atoms with van der Waals surface area (Å²) in [6.07, 6.45) is 1.36. The first-order valence-corrected chi connectivity index (χ1v) is 11.0. The molecule has 7 nitrogen and oxygen atoms in total. The van der Waals surface area contributed by atoms with Crippen molar-refractivity contribution in [3.63, 3.8) is 0 Å². The van der Waals surface area contributed by atoms with Crippen LogP contribution in [-0.4, -0.2) is 30.0 Å². The maximum atomic E-state index is 13.2. The molecule has 3 aromatic rings. The van der Waals surface area contributed by atoms with Gasteiger partial charge in [-0.3, -0.25) is 19.8 Å². The van der Waals surface area contributed by atoms with Crippen LogP contribution in [0.2, 0.25) is 0 Å². The Labute approximate surface area is 202 Å². The van der Waals surface area contributed by atoms with Gasteiger partial charge in [-0.2, -0.15) is 0 Å². The Kier molecular flexibility index (Phi) is 6.43. The summed E-state index contributed by atoms with van der Waals surface area (Å²) >= 11 is 5.26. The second kappa shape index (κ2) is 9.44. The van der Waals surface area contributed by atoms with Gasteiger partial charge in [0.15, 0.2) is 5.11 Å². The molecule has 1 aromatic heterocycles. The number of carbonyl (C=O) groups excluding carboxylic acids is 3. The third-order valence-electron chi connectivity index (χ3n) is 5.43. The van der Waals surface area contributed by atoms with E-state index in [2.05, 4.69) is 19.2 Å². The van der Waals surface area contributed by atoms with Crippen molar-refractivity contribution in [1.82, 2.24) is 5.32 Å². The fourth-order valence-electron chi connectivity index (χ4n) is 3.60. The lowest BCUT2D eigenvalue weighted by Gasteiger charge is -2.29. The average molecular weight is 475 g/mol. The molecule has 1 N–H and O–H groups in total. The average Bonchev–Trinajstić information content (AvgIpc) is 3.30. The minimum atomic E-state index is -0.613. The molecule has 0 saturated carbocycles. The van der Waals surface area contributed by atoms with Crippen molar-refractivity contribution in [1.29, 1.82) is 0 Å². The molecule has 0 atom stereocenters. The van der Waals surface area contributed by atoms with E-state index in [-0.39, 0.29) is 16.4 Å². The summed E-state index contributed by atoms with van der Waals surface area (Å²) < 4.78 is 10.7. The highest BCUT2D eigenvalue weighted by molar-refractivity contribution is 7.80. The van der Waals surface area contributed by atoms with E-state index in [1.807, 2.05) is 12.1 Å². The topological polar surface area (TPSA) is 88.9 Å². The molecule has 2 heterocycles. The summed E-state index contributed by atoms with van der Waals surface area (Å²) in [6, 6.07) is 17.6. The van der Waals surface area contributed by atoms with Crippen molar-refractivity contribution in [3.05, 3.63) is 83.1 Å². The maximum Gasteiger partial charge on any atom is 0.338 e. The number of amides is 2. The van der Waals surface area contributed by atoms with Crippen molar-refractivity contribution in [2.24, 2.45) is 0 Å². The van der Waals surface area contributed by atoms with E-state index in [1.165, 1.54) is 18.1 Å². The first-order valence-electron chi connectivity index (χ1n) is 10.6. The zero-order valence-corrected chi connectivity index (χ0v) is 19.6. The molecule has 34 heavy (non-hydrogen) atoms. The van der Waals surface area contributed by atoms with E-state index < -0.39 is 17.8 Å². The van der Waals surface area contributed by atoms with Gasteiger partial charge in [0.25, 0.3) is 11.8 Å². The molecule has 1 aliphatic rings. The van der Waals surface area contributed by atoms with E-state index in [1.54, 1.807) is 48.5 Å². The van der Waals surface area contributed by atoms with Gasteiger partial charge in [-0.15, -0.1) is 0 Å². The van der Waals surface area contributed by atoms with Gasteiger partial charge in [-0.25, -0.2) is 4.79 Å². The van der Waals surface area contributed by atoms with Gasteiger partial charge in [0.1, 0.15) is 17.1 Å². The van der Waals surface area contributed by atoms with Crippen LogP contribution in [0, 0.1) is 0 Å². The van der Waals surface area contributed by atoms with Gasteiger partial charge in [0, 0.05) is 5.56 Å². The van der Waals surface area contributed by atoms with Crippen molar-refractivity contribution >= 4 is 46.9 Å². The summed E-state index contributed by atoms with van der Waals surface area (Å²) in [5, 5.41) is 2.57. The predicted molar refractivity (Wildman–Crippen MR) is 132 cm³/mol. The maximum absolute atomic E-state index is 13.2. The minimum Gasteiger partial charge on any atom is -0.465 e. The lowest BCUT2D eigenvalue weighted by molar-refractivity contribution is -0.122. The van der Waals surface area contributed by atoms with E-state index in [9.17, 15) is 14.4 Å². The number of thiocarbonyl (C=S) groups is 1. The zero-order valence-electron chi connectivity index (χ0n) is 18.8. The van der Waals surface area contributed by atoms with Gasteiger partial charge in [0.05, 0.1) is 18.4 Å². The first kappa shape index (κ1) is 23.1. The number of nitrogens with zero attached hydrogens (tertiary/aromatic N) is 1. The van der Waals surface area contributed by atoms with Gasteiger partial charge < -0.3 is 9.15 Å². The number of anilines is 1. The molecule has 1 fully saturated rings. The van der Waals surface area contributed by atoms with Crippen LogP contribution in [0.1, 0.15) is 41.4 Å². The fraction of sp³-hybridized carbons (Fsp3) is 0.154. The first-order chi connectivity index (χ1) is 16.3. The van der Waals surface area contributed by atoms with Crippen LogP contribution >= 0.6 is 12.2 Å². The quantitative estimate of drug-likeness (QED) is 0.250. The van der Waals surface area contributed by atoms with Gasteiger partial charge in [-0.05, 0) is 60.1 Å². The molecule has 0 radical (unpaired) electrons. The molecule has 0 bridgehead atoms. The van der Waals surface area contributed by atoms with Crippen molar-refractivity contribution < 1.29 is 23.5 Å². The molecule has 8 heteroatoms. The minimum absolute atomic E-state index is 0.0107. The molecule has 1 aliphatic heterocycles. The van der Waals surface area contributed by atoms with Crippen LogP contribution in [0.3, 0.4) is 0 Å². The number of rotatable bonds is 5. The normalized spacial score (nSPS) is 15.1. The standard InChI is InChI=1S/C26H22N2O5S/c1-15(2)16-8-10-17(11-9-16)28-24(30)21(23(29)27-26(28)34)14-18-12-13-22(33-18)19-6-4-5-7-20(19)25(31)32-3/h4-15H,1-3H3,(H,27,29,34)/b21-14+. The number of methoxy groups -OCH3 is 1. The monoisotopic (exact) mass is 474 g/mol. The summed E-state index contributed by atoms with van der Waals surface area (Å²) in [4.78, 5) is 39.2. The van der Waals surface area contributed by atoms with Crippen LogP contribution < -0.4 is 10.2 Å². The lowest BCUT2D eigenvalue weighted by Crippen LogP contribution is -2.54. The molecule has 2 aromatic carbocycles. The number of nitrogens with one attached hydrogen (secondary N) is 1. The number of carbonyl (C=O) groups is 3. The number of ether oxygens (including phenoxy) is 1. The Hall–Kier alpha value is -4.04. The Morgan fingerprint density at radius 2 is 1.76 bits per heavy atom. The second-order valence-electron chi connectivity index (χ2n) is 7.94. The summed E-state index contributed by atoms with van der Waals surface area (Å²) in [5.41, 5.74) is 2.42. The number of benzene rings is 2.